The van der Waals surface area contributed by atoms with E-state index in [2.05, 4.69) is 10.4 Å². The molecule has 2 aromatic heterocycles. The first-order chi connectivity index (χ1) is 12.3. The van der Waals surface area contributed by atoms with Gasteiger partial charge in [-0.05, 0) is 38.8 Å². The van der Waals surface area contributed by atoms with Crippen LogP contribution in [-0.2, 0) is 9.53 Å². The molecule has 1 unspecified atom stereocenters. The zero-order valence-corrected chi connectivity index (χ0v) is 16.0. The van der Waals surface area contributed by atoms with Crippen molar-refractivity contribution in [2.75, 3.05) is 11.9 Å². The Hall–Kier alpha value is -2.68. The summed E-state index contributed by atoms with van der Waals surface area (Å²) in [5, 5.41) is 7.17. The summed E-state index contributed by atoms with van der Waals surface area (Å²) < 4.78 is 6.69. The third kappa shape index (κ3) is 4.10. The van der Waals surface area contributed by atoms with Crippen LogP contribution in [0.2, 0.25) is 0 Å². The zero-order chi connectivity index (χ0) is 19.4. The van der Waals surface area contributed by atoms with Gasteiger partial charge in [0.15, 0.2) is 0 Å². The van der Waals surface area contributed by atoms with Gasteiger partial charge in [-0.25, -0.2) is 4.79 Å². The van der Waals surface area contributed by atoms with E-state index in [0.29, 0.717) is 12.0 Å². The topological polar surface area (TPSA) is 116 Å². The molecule has 0 bridgehead atoms. The van der Waals surface area contributed by atoms with E-state index < -0.39 is 17.9 Å². The molecule has 0 aliphatic heterocycles. The summed E-state index contributed by atoms with van der Waals surface area (Å²) in [6.45, 7) is 7.24. The highest BCUT2D eigenvalue weighted by molar-refractivity contribution is 7.18. The maximum atomic E-state index is 12.6. The number of carbonyl (C=O) groups excluding carboxylic acids is 3. The number of ether oxygens (including phenoxy) is 1. The SMILES string of the molecule is CCCOC(=O)c1c(NC(=O)C(C)n2ccc(C)n2)sc(C(N)=O)c1C. The highest BCUT2D eigenvalue weighted by atomic mass is 32.1. The van der Waals surface area contributed by atoms with Crippen molar-refractivity contribution in [2.45, 2.75) is 40.2 Å². The Balaban J connectivity index is 2.32. The van der Waals surface area contributed by atoms with Crippen LogP contribution in [0.25, 0.3) is 0 Å². The number of anilines is 1. The number of aromatic nitrogens is 2. The van der Waals surface area contributed by atoms with Gasteiger partial charge >= 0.3 is 5.97 Å². The summed E-state index contributed by atoms with van der Waals surface area (Å²) in [7, 11) is 0. The molecular formula is C17H22N4O4S. The van der Waals surface area contributed by atoms with Crippen molar-refractivity contribution < 1.29 is 19.1 Å². The van der Waals surface area contributed by atoms with Gasteiger partial charge in [0.2, 0.25) is 5.91 Å². The van der Waals surface area contributed by atoms with E-state index in [-0.39, 0.29) is 28.0 Å². The number of rotatable bonds is 7. The van der Waals surface area contributed by atoms with Crippen LogP contribution in [0.1, 0.15) is 57.6 Å². The molecule has 0 saturated carbocycles. The third-order valence-electron chi connectivity index (χ3n) is 3.77. The highest BCUT2D eigenvalue weighted by Gasteiger charge is 2.27. The van der Waals surface area contributed by atoms with Gasteiger partial charge in [0.05, 0.1) is 22.7 Å². The van der Waals surface area contributed by atoms with Crippen LogP contribution in [0.4, 0.5) is 5.00 Å². The van der Waals surface area contributed by atoms with Crippen molar-refractivity contribution in [3.8, 4) is 0 Å². The second-order valence-electron chi connectivity index (χ2n) is 5.86. The predicted molar refractivity (Wildman–Crippen MR) is 98.5 cm³/mol. The molecule has 0 radical (unpaired) electrons. The van der Waals surface area contributed by atoms with Crippen molar-refractivity contribution in [1.29, 1.82) is 0 Å². The molecule has 0 aliphatic rings. The summed E-state index contributed by atoms with van der Waals surface area (Å²) in [6.07, 6.45) is 2.36. The molecule has 0 aromatic carbocycles. The Labute approximate surface area is 155 Å². The molecule has 3 N–H and O–H groups in total. The van der Waals surface area contributed by atoms with E-state index in [1.54, 1.807) is 26.1 Å². The number of aryl methyl sites for hydroxylation is 1. The molecule has 2 amide bonds. The maximum Gasteiger partial charge on any atom is 0.341 e. The number of hydrogen-bond acceptors (Lipinski definition) is 6. The van der Waals surface area contributed by atoms with Gasteiger partial charge in [0, 0.05) is 6.20 Å². The van der Waals surface area contributed by atoms with E-state index in [4.69, 9.17) is 10.5 Å². The lowest BCUT2D eigenvalue weighted by molar-refractivity contribution is -0.119. The lowest BCUT2D eigenvalue weighted by atomic mass is 10.1. The number of carbonyl (C=O) groups is 3. The highest BCUT2D eigenvalue weighted by Crippen LogP contribution is 2.34. The Bertz CT molecular complexity index is 840. The van der Waals surface area contributed by atoms with Crippen molar-refractivity contribution in [1.82, 2.24) is 9.78 Å². The first-order valence-electron chi connectivity index (χ1n) is 8.19. The summed E-state index contributed by atoms with van der Waals surface area (Å²) in [5.41, 5.74) is 6.73. The van der Waals surface area contributed by atoms with E-state index >= 15 is 0 Å². The molecule has 2 aromatic rings. The minimum atomic E-state index is -0.659. The van der Waals surface area contributed by atoms with Crippen molar-refractivity contribution in [3.63, 3.8) is 0 Å². The van der Waals surface area contributed by atoms with Gasteiger partial charge in [-0.2, -0.15) is 5.10 Å². The summed E-state index contributed by atoms with van der Waals surface area (Å²) in [4.78, 5) is 36.8. The van der Waals surface area contributed by atoms with Crippen LogP contribution >= 0.6 is 11.3 Å². The molecule has 26 heavy (non-hydrogen) atoms. The lowest BCUT2D eigenvalue weighted by Gasteiger charge is -2.13. The monoisotopic (exact) mass is 378 g/mol. The summed E-state index contributed by atoms with van der Waals surface area (Å²) in [5.74, 6) is -1.62. The number of thiophene rings is 1. The van der Waals surface area contributed by atoms with E-state index in [9.17, 15) is 14.4 Å². The average Bonchev–Trinajstić information content (AvgIpc) is 3.15. The third-order valence-corrected chi connectivity index (χ3v) is 4.99. The van der Waals surface area contributed by atoms with Crippen LogP contribution in [-0.4, -0.2) is 34.2 Å². The van der Waals surface area contributed by atoms with Crippen LogP contribution < -0.4 is 11.1 Å². The van der Waals surface area contributed by atoms with E-state index in [0.717, 1.165) is 17.0 Å². The lowest BCUT2D eigenvalue weighted by Crippen LogP contribution is -2.24. The second kappa shape index (κ2) is 8.13. The molecule has 1 atom stereocenters. The van der Waals surface area contributed by atoms with Gasteiger partial charge < -0.3 is 15.8 Å². The molecule has 2 rings (SSSR count). The Morgan fingerprint density at radius 1 is 1.38 bits per heavy atom. The van der Waals surface area contributed by atoms with Gasteiger partial charge in [0.25, 0.3) is 5.91 Å². The smallest absolute Gasteiger partial charge is 0.341 e. The summed E-state index contributed by atoms with van der Waals surface area (Å²) in [6, 6.07) is 1.19. The molecule has 8 nitrogen and oxygen atoms in total. The number of nitrogens with one attached hydrogen (secondary N) is 1. The normalized spacial score (nSPS) is 11.8. The van der Waals surface area contributed by atoms with Crippen LogP contribution in [0, 0.1) is 13.8 Å². The number of hydrogen-bond donors (Lipinski definition) is 2. The number of primary amides is 1. The number of esters is 1. The van der Waals surface area contributed by atoms with Gasteiger partial charge in [0.1, 0.15) is 11.0 Å². The van der Waals surface area contributed by atoms with Gasteiger partial charge in [-0.3, -0.25) is 14.3 Å². The van der Waals surface area contributed by atoms with E-state index in [1.165, 1.54) is 4.68 Å². The van der Waals surface area contributed by atoms with Crippen LogP contribution in [0.3, 0.4) is 0 Å². The first-order valence-corrected chi connectivity index (χ1v) is 9.00. The largest absolute Gasteiger partial charge is 0.462 e. The minimum Gasteiger partial charge on any atom is -0.462 e. The van der Waals surface area contributed by atoms with Crippen LogP contribution in [0.15, 0.2) is 12.3 Å². The molecule has 140 valence electrons. The zero-order valence-electron chi connectivity index (χ0n) is 15.2. The van der Waals surface area contributed by atoms with Crippen molar-refractivity contribution in [3.05, 3.63) is 34.0 Å². The van der Waals surface area contributed by atoms with E-state index in [1.807, 2.05) is 13.8 Å². The fraction of sp³-hybridized carbons (Fsp3) is 0.412. The number of nitrogens with zero attached hydrogens (tertiary/aromatic N) is 2. The average molecular weight is 378 g/mol. The van der Waals surface area contributed by atoms with Crippen molar-refractivity contribution >= 4 is 34.1 Å². The quantitative estimate of drug-likeness (QED) is 0.718. The molecule has 2 heterocycles. The molecule has 0 spiro atoms. The van der Waals surface area contributed by atoms with Gasteiger partial charge in [-0.1, -0.05) is 6.92 Å². The maximum absolute atomic E-state index is 12.6. The van der Waals surface area contributed by atoms with Crippen molar-refractivity contribution in [2.24, 2.45) is 5.73 Å². The molecule has 0 aliphatic carbocycles. The number of amides is 2. The second-order valence-corrected chi connectivity index (χ2v) is 6.88. The molecule has 9 heteroatoms. The van der Waals surface area contributed by atoms with Crippen LogP contribution in [0.5, 0.6) is 0 Å². The Morgan fingerprint density at radius 3 is 2.62 bits per heavy atom. The standard InChI is InChI=1S/C17H22N4O4S/c1-5-8-25-17(24)12-10(3)13(14(18)22)26-16(12)19-15(23)11(4)21-7-6-9(2)20-21/h6-7,11H,5,8H2,1-4H3,(H2,18,22)(H,19,23). The molecule has 0 saturated heterocycles. The minimum absolute atomic E-state index is 0.162. The molecule has 0 fully saturated rings. The Morgan fingerprint density at radius 2 is 2.08 bits per heavy atom. The predicted octanol–water partition coefficient (Wildman–Crippen LogP) is 2.43. The number of nitrogens with two attached hydrogens (primary N) is 1. The fourth-order valence-electron chi connectivity index (χ4n) is 2.33. The summed E-state index contributed by atoms with van der Waals surface area (Å²) >= 11 is 0.965. The van der Waals surface area contributed by atoms with Gasteiger partial charge in [-0.15, -0.1) is 11.3 Å². The Kier molecular flexibility index (Phi) is 6.14. The fourth-order valence-corrected chi connectivity index (χ4v) is 3.38. The molecular weight excluding hydrogens is 356 g/mol. The first kappa shape index (κ1) is 19.6.